The number of hydrogen-bond donors (Lipinski definition) is 0. The van der Waals surface area contributed by atoms with Gasteiger partial charge in [0, 0.05) is 0 Å². The van der Waals surface area contributed by atoms with E-state index in [9.17, 15) is 0 Å². The van der Waals surface area contributed by atoms with Crippen LogP contribution in [0, 0.1) is 12.3 Å². The van der Waals surface area contributed by atoms with Crippen molar-refractivity contribution in [3.8, 4) is 11.1 Å². The van der Waals surface area contributed by atoms with Gasteiger partial charge in [-0.3, -0.25) is 0 Å². The molecule has 0 bridgehead atoms. The number of benzene rings is 3. The maximum atomic E-state index is 2.44. The molecule has 0 fully saturated rings. The Bertz CT molecular complexity index is 801. The second-order valence-electron chi connectivity index (χ2n) is 9.37. The molecule has 0 atom stereocenters. The lowest BCUT2D eigenvalue weighted by molar-refractivity contribution is 0.469. The van der Waals surface area contributed by atoms with E-state index >= 15 is 0 Å². The van der Waals surface area contributed by atoms with Crippen molar-refractivity contribution in [1.29, 1.82) is 0 Å². The Hall–Kier alpha value is -2.12. The summed E-state index contributed by atoms with van der Waals surface area (Å²) < 4.78 is 0. The molecule has 1 heteroatoms. The first kappa shape index (κ1) is 21.2. The van der Waals surface area contributed by atoms with Crippen LogP contribution in [-0.4, -0.2) is 8.07 Å². The molecule has 1 aliphatic heterocycles. The van der Waals surface area contributed by atoms with Gasteiger partial charge in [-0.15, -0.1) is 0 Å². The van der Waals surface area contributed by atoms with Crippen molar-refractivity contribution in [3.05, 3.63) is 84.4 Å². The van der Waals surface area contributed by atoms with Crippen LogP contribution < -0.4 is 10.4 Å². The lowest BCUT2D eigenvalue weighted by Gasteiger charge is -2.18. The van der Waals surface area contributed by atoms with Crippen molar-refractivity contribution in [1.82, 2.24) is 0 Å². The zero-order chi connectivity index (χ0) is 20.1. The molecule has 27 heavy (non-hydrogen) atoms. The second-order valence-corrected chi connectivity index (χ2v) is 13.7. The van der Waals surface area contributed by atoms with E-state index in [4.69, 9.17) is 0 Å². The third-order valence-corrected chi connectivity index (χ3v) is 8.00. The van der Waals surface area contributed by atoms with Crippen LogP contribution in [0.15, 0.2) is 78.9 Å². The summed E-state index contributed by atoms with van der Waals surface area (Å²) in [7, 11) is -1.38. The molecule has 0 amide bonds. The van der Waals surface area contributed by atoms with E-state index < -0.39 is 8.07 Å². The number of aryl methyl sites for hydroxylation is 1. The highest BCUT2D eigenvalue weighted by atomic mass is 28.3. The Morgan fingerprint density at radius 3 is 1.22 bits per heavy atom. The number of hydrogen-bond acceptors (Lipinski definition) is 0. The fourth-order valence-corrected chi connectivity index (χ4v) is 6.30. The van der Waals surface area contributed by atoms with Gasteiger partial charge >= 0.3 is 0 Å². The first-order chi connectivity index (χ1) is 12.6. The molecule has 0 aromatic heterocycles. The summed E-state index contributed by atoms with van der Waals surface area (Å²) in [6, 6.07) is 28.0. The third-order valence-electron chi connectivity index (χ3n) is 4.43. The number of fused-ring (bicyclic) bond motifs is 3. The average molecular weight is 375 g/mol. The van der Waals surface area contributed by atoms with E-state index in [0.717, 1.165) is 0 Å². The molecule has 0 aliphatic carbocycles. The topological polar surface area (TPSA) is 0 Å². The fourth-order valence-electron chi connectivity index (χ4n) is 3.21. The molecule has 1 heterocycles. The van der Waals surface area contributed by atoms with Gasteiger partial charge in [0.2, 0.25) is 0 Å². The SMILES string of the molecule is CC(C)(C)C.C[Si]1(C)c2ccccc2-c2ccccc21.Cc1ccccc1. The molecule has 3 aromatic carbocycles. The summed E-state index contributed by atoms with van der Waals surface area (Å²) in [4.78, 5) is 0. The normalized spacial score (nSPS) is 13.3. The van der Waals surface area contributed by atoms with Crippen molar-refractivity contribution in [2.75, 3.05) is 0 Å². The van der Waals surface area contributed by atoms with Gasteiger partial charge in [-0.2, -0.15) is 0 Å². The molecule has 0 spiro atoms. The molecule has 0 N–H and O–H groups in total. The third kappa shape index (κ3) is 5.94. The van der Waals surface area contributed by atoms with Gasteiger partial charge < -0.3 is 0 Å². The van der Waals surface area contributed by atoms with E-state index in [-0.39, 0.29) is 0 Å². The predicted molar refractivity (Wildman–Crippen MR) is 125 cm³/mol. The van der Waals surface area contributed by atoms with Crippen LogP contribution in [0.25, 0.3) is 11.1 Å². The predicted octanol–water partition coefficient (Wildman–Crippen LogP) is 6.54. The maximum absolute atomic E-state index is 2.44. The molecule has 4 rings (SSSR count). The summed E-state index contributed by atoms with van der Waals surface area (Å²) in [5, 5.41) is 3.18. The first-order valence-electron chi connectivity index (χ1n) is 9.82. The zero-order valence-corrected chi connectivity index (χ0v) is 19.0. The van der Waals surface area contributed by atoms with Crippen LogP contribution in [-0.2, 0) is 0 Å². The molecular formula is C26H34Si. The van der Waals surface area contributed by atoms with E-state index in [1.54, 1.807) is 10.4 Å². The second kappa shape index (κ2) is 8.71. The lowest BCUT2D eigenvalue weighted by Crippen LogP contribution is -2.49. The van der Waals surface area contributed by atoms with E-state index in [0.29, 0.717) is 5.41 Å². The van der Waals surface area contributed by atoms with E-state index in [2.05, 4.69) is 108 Å². The summed E-state index contributed by atoms with van der Waals surface area (Å²) in [5.41, 5.74) is 4.75. The molecule has 3 aromatic rings. The largest absolute Gasteiger partial charge is 0.113 e. The Morgan fingerprint density at radius 2 is 0.889 bits per heavy atom. The van der Waals surface area contributed by atoms with Crippen LogP contribution in [0.4, 0.5) is 0 Å². The van der Waals surface area contributed by atoms with E-state index in [1.165, 1.54) is 16.7 Å². The summed E-state index contributed by atoms with van der Waals surface area (Å²) in [6.45, 7) is 15.7. The number of rotatable bonds is 0. The van der Waals surface area contributed by atoms with Crippen molar-refractivity contribution in [2.24, 2.45) is 5.41 Å². The average Bonchev–Trinajstić information content (AvgIpc) is 2.84. The highest BCUT2D eigenvalue weighted by molar-refractivity contribution is 7.03. The van der Waals surface area contributed by atoms with Gasteiger partial charge in [-0.25, -0.2) is 0 Å². The van der Waals surface area contributed by atoms with Crippen molar-refractivity contribution >= 4 is 18.4 Å². The van der Waals surface area contributed by atoms with Crippen molar-refractivity contribution in [2.45, 2.75) is 47.7 Å². The van der Waals surface area contributed by atoms with Gasteiger partial charge in [0.15, 0.2) is 0 Å². The highest BCUT2D eigenvalue weighted by Crippen LogP contribution is 2.27. The lowest BCUT2D eigenvalue weighted by atomic mass is 10.0. The minimum Gasteiger partial charge on any atom is -0.0623 e. The summed E-state index contributed by atoms with van der Waals surface area (Å²) in [6.07, 6.45) is 0. The fraction of sp³-hybridized carbons (Fsp3) is 0.308. The van der Waals surface area contributed by atoms with Crippen LogP contribution in [0.3, 0.4) is 0 Å². The first-order valence-corrected chi connectivity index (χ1v) is 12.8. The van der Waals surface area contributed by atoms with Crippen LogP contribution in [0.5, 0.6) is 0 Å². The van der Waals surface area contributed by atoms with Gasteiger partial charge in [-0.05, 0) is 33.8 Å². The highest BCUT2D eigenvalue weighted by Gasteiger charge is 2.36. The monoisotopic (exact) mass is 374 g/mol. The van der Waals surface area contributed by atoms with Gasteiger partial charge in [0.25, 0.3) is 0 Å². The van der Waals surface area contributed by atoms with Crippen LogP contribution in [0.1, 0.15) is 33.3 Å². The summed E-state index contributed by atoms with van der Waals surface area (Å²) >= 11 is 0. The quantitative estimate of drug-likeness (QED) is 0.392. The van der Waals surface area contributed by atoms with Gasteiger partial charge in [0.1, 0.15) is 8.07 Å². The molecule has 0 radical (unpaired) electrons. The molecule has 0 nitrogen and oxygen atoms in total. The van der Waals surface area contributed by atoms with Crippen molar-refractivity contribution < 1.29 is 0 Å². The van der Waals surface area contributed by atoms with Crippen LogP contribution in [0.2, 0.25) is 13.1 Å². The van der Waals surface area contributed by atoms with Crippen LogP contribution >= 0.6 is 0 Å². The Balaban J connectivity index is 0.000000182. The van der Waals surface area contributed by atoms with Crippen molar-refractivity contribution in [3.63, 3.8) is 0 Å². The Kier molecular flexibility index (Phi) is 6.83. The molecule has 0 saturated heterocycles. The minimum absolute atomic E-state index is 0.500. The van der Waals surface area contributed by atoms with Gasteiger partial charge in [-0.1, -0.05) is 125 Å². The Morgan fingerprint density at radius 1 is 0.556 bits per heavy atom. The molecule has 0 saturated carbocycles. The molecular weight excluding hydrogens is 340 g/mol. The maximum Gasteiger partial charge on any atom is 0.113 e. The molecule has 142 valence electrons. The Labute approximate surface area is 167 Å². The molecule has 0 unspecified atom stereocenters. The zero-order valence-electron chi connectivity index (χ0n) is 18.0. The summed E-state index contributed by atoms with van der Waals surface area (Å²) in [5.74, 6) is 0. The molecule has 1 aliphatic rings. The standard InChI is InChI=1S/C14H14Si.C7H8.C5H12/c1-15(2)13-9-5-3-7-11(13)12-8-4-6-10-14(12)15;1-7-5-3-2-4-6-7;1-5(2,3)4/h3-10H,1-2H3;2-6H,1H3;1-4H3. The smallest absolute Gasteiger partial charge is 0.0623 e. The van der Waals surface area contributed by atoms with E-state index in [1.807, 2.05) is 18.2 Å². The minimum atomic E-state index is -1.38. The van der Waals surface area contributed by atoms with Gasteiger partial charge in [0.05, 0.1) is 0 Å².